The summed E-state index contributed by atoms with van der Waals surface area (Å²) in [6.45, 7) is 3.45. The van der Waals surface area contributed by atoms with Gasteiger partial charge in [-0.25, -0.2) is 4.39 Å². The normalized spacial score (nSPS) is 20.6. The summed E-state index contributed by atoms with van der Waals surface area (Å²) in [4.78, 5) is 15.1. The molecule has 1 saturated heterocycles. The molecule has 0 spiro atoms. The molecule has 0 aliphatic carbocycles. The quantitative estimate of drug-likeness (QED) is 0.693. The monoisotopic (exact) mass is 425 g/mol. The first-order valence-electron chi connectivity index (χ1n) is 10.0. The molecule has 1 aromatic heterocycles. The number of hydrogen-bond acceptors (Lipinski definition) is 4. The predicted molar refractivity (Wildman–Crippen MR) is 112 cm³/mol. The maximum Gasteiger partial charge on any atom is 0.293 e. The van der Waals surface area contributed by atoms with Crippen molar-refractivity contribution in [2.75, 3.05) is 18.4 Å². The summed E-state index contributed by atoms with van der Waals surface area (Å²) in [5.74, 6) is 1.25. The molecule has 1 amide bonds. The topological polar surface area (TPSA) is 63.1 Å². The van der Waals surface area contributed by atoms with Crippen molar-refractivity contribution in [2.45, 2.75) is 19.5 Å². The van der Waals surface area contributed by atoms with Gasteiger partial charge in [0.05, 0.1) is 0 Å². The van der Waals surface area contributed by atoms with Gasteiger partial charge in [0.1, 0.15) is 11.6 Å². The number of nitrogens with one attached hydrogen (secondary N) is 1. The molecular formula is C22H21ClFN5O. The van der Waals surface area contributed by atoms with Gasteiger partial charge in [0.25, 0.3) is 5.91 Å². The molecule has 0 unspecified atom stereocenters. The molecule has 2 aliphatic heterocycles. The minimum atomic E-state index is -0.400. The van der Waals surface area contributed by atoms with Gasteiger partial charge in [-0.2, -0.15) is 0 Å². The molecule has 0 radical (unpaired) electrons. The minimum Gasteiger partial charge on any atom is -0.319 e. The maximum atomic E-state index is 13.4. The van der Waals surface area contributed by atoms with Crippen LogP contribution in [0.5, 0.6) is 0 Å². The molecule has 1 fully saturated rings. The van der Waals surface area contributed by atoms with Crippen LogP contribution >= 0.6 is 11.6 Å². The fraction of sp³-hybridized carbons (Fsp3) is 0.318. The van der Waals surface area contributed by atoms with Gasteiger partial charge >= 0.3 is 0 Å². The van der Waals surface area contributed by atoms with Crippen molar-refractivity contribution < 1.29 is 9.18 Å². The van der Waals surface area contributed by atoms with Crippen LogP contribution in [0, 0.1) is 17.7 Å². The molecule has 2 aromatic carbocycles. The third-order valence-corrected chi connectivity index (χ3v) is 6.35. The van der Waals surface area contributed by atoms with E-state index in [1.807, 2.05) is 22.8 Å². The highest BCUT2D eigenvalue weighted by molar-refractivity contribution is 6.31. The second kappa shape index (κ2) is 7.81. The lowest BCUT2D eigenvalue weighted by atomic mass is 9.89. The zero-order valence-electron chi connectivity index (χ0n) is 16.3. The summed E-state index contributed by atoms with van der Waals surface area (Å²) in [6, 6.07) is 13.8. The number of anilines is 1. The van der Waals surface area contributed by atoms with Gasteiger partial charge in [-0.1, -0.05) is 35.9 Å². The molecule has 154 valence electrons. The molecule has 2 atom stereocenters. The Morgan fingerprint density at radius 1 is 1.10 bits per heavy atom. The third kappa shape index (κ3) is 3.70. The van der Waals surface area contributed by atoms with Crippen molar-refractivity contribution in [3.05, 3.63) is 76.6 Å². The van der Waals surface area contributed by atoms with Gasteiger partial charge in [0, 0.05) is 43.3 Å². The standard InChI is InChI=1S/C22H21ClFN5O/c23-19-7-2-1-4-14(19)10-28-11-15-8-20-26-27-21(29(20)13-16(15)12-28)22(30)25-18-6-3-5-17(24)9-18/h1-7,9,15-16H,8,10-13H2,(H,25,30)/t15-,16+/m1/s1. The summed E-state index contributed by atoms with van der Waals surface area (Å²) < 4.78 is 15.3. The fourth-order valence-corrected chi connectivity index (χ4v) is 4.73. The van der Waals surface area contributed by atoms with E-state index in [0.717, 1.165) is 42.5 Å². The van der Waals surface area contributed by atoms with Crippen LogP contribution in [-0.2, 0) is 19.5 Å². The van der Waals surface area contributed by atoms with Crippen LogP contribution in [0.3, 0.4) is 0 Å². The molecule has 30 heavy (non-hydrogen) atoms. The molecule has 3 heterocycles. The van der Waals surface area contributed by atoms with Gasteiger partial charge in [-0.05, 0) is 41.7 Å². The molecule has 8 heteroatoms. The summed E-state index contributed by atoms with van der Waals surface area (Å²) >= 11 is 6.33. The number of carbonyl (C=O) groups is 1. The Balaban J connectivity index is 1.29. The van der Waals surface area contributed by atoms with Crippen molar-refractivity contribution in [2.24, 2.45) is 11.8 Å². The number of benzene rings is 2. The number of halogens is 2. The molecule has 0 saturated carbocycles. The molecule has 5 rings (SSSR count). The summed E-state index contributed by atoms with van der Waals surface area (Å²) in [5.41, 5.74) is 1.53. The van der Waals surface area contributed by atoms with Crippen molar-refractivity contribution in [1.29, 1.82) is 0 Å². The first-order chi connectivity index (χ1) is 14.6. The van der Waals surface area contributed by atoms with Crippen molar-refractivity contribution in [1.82, 2.24) is 19.7 Å². The first-order valence-corrected chi connectivity index (χ1v) is 10.4. The van der Waals surface area contributed by atoms with Gasteiger partial charge < -0.3 is 9.88 Å². The number of carbonyl (C=O) groups excluding carboxylic acids is 1. The third-order valence-electron chi connectivity index (χ3n) is 5.98. The van der Waals surface area contributed by atoms with Crippen molar-refractivity contribution >= 4 is 23.2 Å². The molecule has 3 aromatic rings. The Bertz CT molecular complexity index is 1100. The highest BCUT2D eigenvalue weighted by Crippen LogP contribution is 2.34. The number of fused-ring (bicyclic) bond motifs is 2. The minimum absolute atomic E-state index is 0.275. The SMILES string of the molecule is O=C(Nc1cccc(F)c1)c1nnc2n1C[C@@H]1CN(Cc3ccccc3Cl)C[C@H]1C2. The molecule has 0 bridgehead atoms. The second-order valence-electron chi connectivity index (χ2n) is 8.02. The van der Waals surface area contributed by atoms with Crippen LogP contribution in [0.1, 0.15) is 22.0 Å². The van der Waals surface area contributed by atoms with Crippen LogP contribution in [0.2, 0.25) is 5.02 Å². The largest absolute Gasteiger partial charge is 0.319 e. The van der Waals surface area contributed by atoms with Gasteiger partial charge in [-0.3, -0.25) is 9.69 Å². The Hall–Kier alpha value is -2.77. The fourth-order valence-electron chi connectivity index (χ4n) is 4.54. The first kappa shape index (κ1) is 19.2. The summed E-state index contributed by atoms with van der Waals surface area (Å²) in [5, 5.41) is 11.9. The summed E-state index contributed by atoms with van der Waals surface area (Å²) in [7, 11) is 0. The molecule has 1 N–H and O–H groups in total. The Morgan fingerprint density at radius 2 is 1.93 bits per heavy atom. The van der Waals surface area contributed by atoms with E-state index in [-0.39, 0.29) is 11.7 Å². The van der Waals surface area contributed by atoms with E-state index >= 15 is 0 Å². The van der Waals surface area contributed by atoms with E-state index in [1.165, 1.54) is 12.1 Å². The number of amides is 1. The van der Waals surface area contributed by atoms with E-state index < -0.39 is 5.82 Å². The van der Waals surface area contributed by atoms with E-state index in [1.54, 1.807) is 12.1 Å². The van der Waals surface area contributed by atoms with Crippen LogP contribution in [0.25, 0.3) is 0 Å². The zero-order valence-corrected chi connectivity index (χ0v) is 17.0. The number of hydrogen-bond donors (Lipinski definition) is 1. The second-order valence-corrected chi connectivity index (χ2v) is 8.43. The lowest BCUT2D eigenvalue weighted by molar-refractivity contribution is 0.100. The molecule has 2 aliphatic rings. The molecular weight excluding hydrogens is 405 g/mol. The Morgan fingerprint density at radius 3 is 2.77 bits per heavy atom. The van der Waals surface area contributed by atoms with Crippen LogP contribution in [0.4, 0.5) is 10.1 Å². The number of aromatic nitrogens is 3. The van der Waals surface area contributed by atoms with Crippen LogP contribution in [-0.4, -0.2) is 38.7 Å². The Kier molecular flexibility index (Phi) is 5.00. The van der Waals surface area contributed by atoms with E-state index in [9.17, 15) is 9.18 Å². The zero-order chi connectivity index (χ0) is 20.7. The van der Waals surface area contributed by atoms with Crippen molar-refractivity contribution in [3.8, 4) is 0 Å². The average molecular weight is 426 g/mol. The smallest absolute Gasteiger partial charge is 0.293 e. The van der Waals surface area contributed by atoms with Gasteiger partial charge in [-0.15, -0.1) is 10.2 Å². The van der Waals surface area contributed by atoms with Gasteiger partial charge in [0.15, 0.2) is 0 Å². The molecule has 6 nitrogen and oxygen atoms in total. The highest BCUT2D eigenvalue weighted by Gasteiger charge is 2.39. The van der Waals surface area contributed by atoms with E-state index in [2.05, 4.69) is 26.5 Å². The Labute approximate surface area is 178 Å². The number of likely N-dealkylation sites (tertiary alicyclic amines) is 1. The van der Waals surface area contributed by atoms with Crippen LogP contribution < -0.4 is 5.32 Å². The van der Waals surface area contributed by atoms with Crippen LogP contribution in [0.15, 0.2) is 48.5 Å². The maximum absolute atomic E-state index is 13.4. The van der Waals surface area contributed by atoms with Crippen molar-refractivity contribution in [3.63, 3.8) is 0 Å². The summed E-state index contributed by atoms with van der Waals surface area (Å²) in [6.07, 6.45) is 0.796. The predicted octanol–water partition coefficient (Wildman–Crippen LogP) is 3.63. The van der Waals surface area contributed by atoms with Gasteiger partial charge in [0.2, 0.25) is 5.82 Å². The number of nitrogens with zero attached hydrogens (tertiary/aromatic N) is 4. The lowest BCUT2D eigenvalue weighted by Crippen LogP contribution is -2.31. The number of rotatable bonds is 4. The lowest BCUT2D eigenvalue weighted by Gasteiger charge is -2.25. The average Bonchev–Trinajstić information content (AvgIpc) is 3.30. The van der Waals surface area contributed by atoms with E-state index in [4.69, 9.17) is 11.6 Å². The van der Waals surface area contributed by atoms with E-state index in [0.29, 0.717) is 24.1 Å². The highest BCUT2D eigenvalue weighted by atomic mass is 35.5.